The lowest BCUT2D eigenvalue weighted by atomic mass is 10.1. The number of aromatic nitrogens is 1. The lowest BCUT2D eigenvalue weighted by Gasteiger charge is -2.07. The first-order valence-electron chi connectivity index (χ1n) is 4.90. The monoisotopic (exact) mass is 196 g/mol. The van der Waals surface area contributed by atoms with Crippen LogP contribution in [0.15, 0.2) is 5.38 Å². The molecule has 1 aliphatic rings. The fourth-order valence-electron chi connectivity index (χ4n) is 1.64. The van der Waals surface area contributed by atoms with E-state index in [4.69, 9.17) is 5.73 Å². The van der Waals surface area contributed by atoms with Gasteiger partial charge >= 0.3 is 0 Å². The van der Waals surface area contributed by atoms with Gasteiger partial charge < -0.3 is 5.73 Å². The lowest BCUT2D eigenvalue weighted by molar-refractivity contribution is 0.562. The number of nitrogens with two attached hydrogens (primary N) is 1. The van der Waals surface area contributed by atoms with Crippen LogP contribution in [0, 0.1) is 12.8 Å². The summed E-state index contributed by atoms with van der Waals surface area (Å²) in [4.78, 5) is 4.42. The zero-order chi connectivity index (χ0) is 9.26. The molecule has 1 fully saturated rings. The van der Waals surface area contributed by atoms with Gasteiger partial charge in [0.05, 0.1) is 10.7 Å². The van der Waals surface area contributed by atoms with Crippen molar-refractivity contribution in [2.75, 3.05) is 0 Å². The number of hydrogen-bond donors (Lipinski definition) is 1. The van der Waals surface area contributed by atoms with Crippen molar-refractivity contribution < 1.29 is 0 Å². The van der Waals surface area contributed by atoms with Crippen molar-refractivity contribution in [3.05, 3.63) is 16.1 Å². The highest BCUT2D eigenvalue weighted by Gasteiger charge is 2.24. The summed E-state index contributed by atoms with van der Waals surface area (Å²) in [5, 5.41) is 3.27. The van der Waals surface area contributed by atoms with Crippen molar-refractivity contribution in [3.63, 3.8) is 0 Å². The van der Waals surface area contributed by atoms with E-state index in [0.29, 0.717) is 6.04 Å². The molecule has 1 heterocycles. The number of nitrogens with zero attached hydrogens (tertiary/aromatic N) is 1. The predicted molar refractivity (Wildman–Crippen MR) is 55.9 cm³/mol. The van der Waals surface area contributed by atoms with Gasteiger partial charge in [-0.1, -0.05) is 12.8 Å². The van der Waals surface area contributed by atoms with Gasteiger partial charge in [-0.3, -0.25) is 0 Å². The van der Waals surface area contributed by atoms with Crippen LogP contribution in [-0.2, 0) is 6.42 Å². The molecule has 2 nitrogen and oxygen atoms in total. The quantitative estimate of drug-likeness (QED) is 0.801. The van der Waals surface area contributed by atoms with Crippen molar-refractivity contribution in [1.29, 1.82) is 0 Å². The van der Waals surface area contributed by atoms with Crippen molar-refractivity contribution in [2.45, 2.75) is 38.6 Å². The molecule has 13 heavy (non-hydrogen) atoms. The molecule has 0 bridgehead atoms. The smallest absolute Gasteiger partial charge is 0.0897 e. The van der Waals surface area contributed by atoms with E-state index >= 15 is 0 Å². The van der Waals surface area contributed by atoms with E-state index in [2.05, 4.69) is 10.4 Å². The minimum absolute atomic E-state index is 0.328. The molecule has 1 unspecified atom stereocenters. The summed E-state index contributed by atoms with van der Waals surface area (Å²) >= 11 is 1.71. The molecule has 0 spiro atoms. The average molecular weight is 196 g/mol. The van der Waals surface area contributed by atoms with Gasteiger partial charge in [-0.05, 0) is 19.3 Å². The lowest BCUT2D eigenvalue weighted by Crippen LogP contribution is -2.23. The first-order chi connectivity index (χ1) is 6.24. The Bertz CT molecular complexity index is 278. The second kappa shape index (κ2) is 3.76. The van der Waals surface area contributed by atoms with Gasteiger partial charge in [0, 0.05) is 17.8 Å². The van der Waals surface area contributed by atoms with Crippen LogP contribution < -0.4 is 5.73 Å². The van der Waals surface area contributed by atoms with E-state index in [1.165, 1.54) is 25.0 Å². The van der Waals surface area contributed by atoms with Crippen LogP contribution in [0.2, 0.25) is 0 Å². The van der Waals surface area contributed by atoms with Gasteiger partial charge in [0.15, 0.2) is 0 Å². The minimum atomic E-state index is 0.328. The Labute approximate surface area is 83.2 Å². The van der Waals surface area contributed by atoms with Crippen molar-refractivity contribution >= 4 is 11.3 Å². The molecule has 1 aromatic rings. The molecule has 72 valence electrons. The van der Waals surface area contributed by atoms with Crippen LogP contribution in [0.3, 0.4) is 0 Å². The van der Waals surface area contributed by atoms with Crippen LogP contribution in [0.25, 0.3) is 0 Å². The Kier molecular flexibility index (Phi) is 2.65. The van der Waals surface area contributed by atoms with Gasteiger partial charge in [-0.25, -0.2) is 4.98 Å². The summed E-state index contributed by atoms with van der Waals surface area (Å²) in [5.74, 6) is 0.926. The Morgan fingerprint density at radius 1 is 1.69 bits per heavy atom. The van der Waals surface area contributed by atoms with Crippen molar-refractivity contribution in [1.82, 2.24) is 4.98 Å². The third-order valence-electron chi connectivity index (χ3n) is 2.47. The van der Waals surface area contributed by atoms with Crippen LogP contribution in [0.4, 0.5) is 0 Å². The van der Waals surface area contributed by atoms with Gasteiger partial charge in [0.1, 0.15) is 0 Å². The van der Waals surface area contributed by atoms with E-state index in [0.717, 1.165) is 17.3 Å². The fraction of sp³-hybridized carbons (Fsp3) is 0.700. The summed E-state index contributed by atoms with van der Waals surface area (Å²) in [7, 11) is 0. The summed E-state index contributed by atoms with van der Waals surface area (Å²) in [5.41, 5.74) is 7.20. The van der Waals surface area contributed by atoms with E-state index in [9.17, 15) is 0 Å². The first-order valence-corrected chi connectivity index (χ1v) is 5.78. The van der Waals surface area contributed by atoms with Crippen molar-refractivity contribution in [3.8, 4) is 0 Å². The molecular weight excluding hydrogens is 180 g/mol. The first kappa shape index (κ1) is 9.16. The number of hydrogen-bond acceptors (Lipinski definition) is 3. The average Bonchev–Trinajstić information content (AvgIpc) is 2.76. The molecule has 1 atom stereocenters. The second-order valence-electron chi connectivity index (χ2n) is 4.00. The molecule has 1 saturated carbocycles. The van der Waals surface area contributed by atoms with E-state index in [-0.39, 0.29) is 0 Å². The Morgan fingerprint density at radius 2 is 2.46 bits per heavy atom. The van der Waals surface area contributed by atoms with Gasteiger partial charge in [-0.2, -0.15) is 0 Å². The van der Waals surface area contributed by atoms with Crippen LogP contribution in [0.5, 0.6) is 0 Å². The van der Waals surface area contributed by atoms with Crippen LogP contribution >= 0.6 is 11.3 Å². The minimum Gasteiger partial charge on any atom is -0.327 e. The summed E-state index contributed by atoms with van der Waals surface area (Å²) in [6.07, 6.45) is 4.94. The molecule has 0 saturated heterocycles. The third-order valence-corrected chi connectivity index (χ3v) is 3.29. The van der Waals surface area contributed by atoms with E-state index < -0.39 is 0 Å². The molecule has 1 aliphatic carbocycles. The summed E-state index contributed by atoms with van der Waals surface area (Å²) in [6, 6.07) is 0.328. The molecule has 2 rings (SSSR count). The maximum absolute atomic E-state index is 6.02. The number of rotatable bonds is 4. The Balaban J connectivity index is 1.82. The molecule has 1 aromatic heterocycles. The van der Waals surface area contributed by atoms with Gasteiger partial charge in [0.2, 0.25) is 0 Å². The maximum Gasteiger partial charge on any atom is 0.0897 e. The molecule has 3 heteroatoms. The molecule has 0 aromatic carbocycles. The molecule has 0 aliphatic heterocycles. The zero-order valence-corrected chi connectivity index (χ0v) is 8.81. The molecule has 0 radical (unpaired) electrons. The van der Waals surface area contributed by atoms with E-state index in [1.807, 2.05) is 6.92 Å². The SMILES string of the molecule is Cc1nc(CC(N)CC2CC2)cs1. The van der Waals surface area contributed by atoms with Gasteiger partial charge in [-0.15, -0.1) is 11.3 Å². The zero-order valence-electron chi connectivity index (χ0n) is 7.99. The normalized spacial score (nSPS) is 18.9. The largest absolute Gasteiger partial charge is 0.327 e. The fourth-order valence-corrected chi connectivity index (χ4v) is 2.26. The highest BCUT2D eigenvalue weighted by molar-refractivity contribution is 7.09. The number of thiazole rings is 1. The highest BCUT2D eigenvalue weighted by Crippen LogP contribution is 2.33. The van der Waals surface area contributed by atoms with Crippen molar-refractivity contribution in [2.24, 2.45) is 11.7 Å². The van der Waals surface area contributed by atoms with Gasteiger partial charge in [0.25, 0.3) is 0 Å². The second-order valence-corrected chi connectivity index (χ2v) is 5.06. The molecule has 2 N–H and O–H groups in total. The third kappa shape index (κ3) is 2.78. The van der Waals surface area contributed by atoms with E-state index in [1.54, 1.807) is 11.3 Å². The highest BCUT2D eigenvalue weighted by atomic mass is 32.1. The Morgan fingerprint density at radius 3 is 3.00 bits per heavy atom. The van der Waals surface area contributed by atoms with Crippen LogP contribution in [-0.4, -0.2) is 11.0 Å². The molecule has 0 amide bonds. The number of aryl methyl sites for hydroxylation is 1. The maximum atomic E-state index is 6.02. The molecular formula is C10H16N2S. The summed E-state index contributed by atoms with van der Waals surface area (Å²) in [6.45, 7) is 2.04. The predicted octanol–water partition coefficient (Wildman–Crippen LogP) is 2.12. The summed E-state index contributed by atoms with van der Waals surface area (Å²) < 4.78 is 0. The van der Waals surface area contributed by atoms with Crippen LogP contribution in [0.1, 0.15) is 30.0 Å². The Hall–Kier alpha value is -0.410. The topological polar surface area (TPSA) is 38.9 Å². The standard InChI is InChI=1S/C10H16N2S/c1-7-12-10(6-13-7)5-9(11)4-8-2-3-8/h6,8-9H,2-5,11H2,1H3.